The Bertz CT molecular complexity index is 1880. The average molecular weight is 436 g/mol. The van der Waals surface area contributed by atoms with Crippen molar-refractivity contribution in [2.75, 3.05) is 0 Å². The topological polar surface area (TPSA) is 26.0 Å². The number of rotatable bonds is 2. The van der Waals surface area contributed by atoms with Crippen molar-refractivity contribution >= 4 is 43.5 Å². The van der Waals surface area contributed by atoms with Crippen LogP contribution in [0.3, 0.4) is 0 Å². The van der Waals surface area contributed by atoms with Crippen LogP contribution in [0.2, 0.25) is 0 Å². The minimum atomic E-state index is 0.884. The lowest BCUT2D eigenvalue weighted by Crippen LogP contribution is -1.90. The fourth-order valence-corrected chi connectivity index (χ4v) is 5.07. The lowest BCUT2D eigenvalue weighted by molar-refractivity contribution is 0.673. The van der Waals surface area contributed by atoms with Crippen LogP contribution in [0.5, 0.6) is 0 Å². The van der Waals surface area contributed by atoms with Gasteiger partial charge in [0.1, 0.15) is 11.2 Å². The van der Waals surface area contributed by atoms with Crippen LogP contribution >= 0.6 is 0 Å². The fraction of sp³-hybridized carbons (Fsp3) is 0.0312. The summed E-state index contributed by atoms with van der Waals surface area (Å²) < 4.78 is 6.54. The summed E-state index contributed by atoms with van der Waals surface area (Å²) >= 11 is 0. The molecule has 7 rings (SSSR count). The van der Waals surface area contributed by atoms with E-state index in [2.05, 4.69) is 110 Å². The first-order valence-corrected chi connectivity index (χ1v) is 11.6. The standard InChI is InChI=1S/C32H21NO/c1-20-19-33-30(18-29(20)24-14-13-21-7-2-3-9-23(21)17-24)28-12-6-11-26-27-16-15-22-8-4-5-10-25(22)31(27)34-32(26)28/h2-19H,1H3. The van der Waals surface area contributed by atoms with Crippen LogP contribution in [0.1, 0.15) is 5.56 Å². The molecule has 0 aliphatic rings. The van der Waals surface area contributed by atoms with E-state index in [-0.39, 0.29) is 0 Å². The Kier molecular flexibility index (Phi) is 4.09. The summed E-state index contributed by atoms with van der Waals surface area (Å²) in [5.74, 6) is 0. The minimum absolute atomic E-state index is 0.884. The molecule has 5 aromatic carbocycles. The van der Waals surface area contributed by atoms with Crippen molar-refractivity contribution in [1.82, 2.24) is 4.98 Å². The number of hydrogen-bond acceptors (Lipinski definition) is 2. The molecule has 160 valence electrons. The predicted molar refractivity (Wildman–Crippen MR) is 142 cm³/mol. The van der Waals surface area contributed by atoms with Gasteiger partial charge in [-0.2, -0.15) is 0 Å². The van der Waals surface area contributed by atoms with Gasteiger partial charge in [0.05, 0.1) is 5.69 Å². The Labute approximate surface area is 197 Å². The van der Waals surface area contributed by atoms with Gasteiger partial charge < -0.3 is 4.42 Å². The second-order valence-electron chi connectivity index (χ2n) is 8.89. The Balaban J connectivity index is 1.45. The van der Waals surface area contributed by atoms with Crippen LogP contribution in [0.4, 0.5) is 0 Å². The van der Waals surface area contributed by atoms with Crippen molar-refractivity contribution < 1.29 is 4.42 Å². The highest BCUT2D eigenvalue weighted by molar-refractivity contribution is 6.17. The molecule has 0 aliphatic carbocycles. The average Bonchev–Trinajstić information content (AvgIpc) is 3.28. The minimum Gasteiger partial charge on any atom is -0.455 e. The first-order valence-electron chi connectivity index (χ1n) is 11.6. The van der Waals surface area contributed by atoms with Gasteiger partial charge in [-0.25, -0.2) is 0 Å². The molecule has 2 aromatic heterocycles. The van der Waals surface area contributed by atoms with Crippen molar-refractivity contribution in [1.29, 1.82) is 0 Å². The molecular formula is C32H21NO. The first kappa shape index (κ1) is 19.1. The summed E-state index contributed by atoms with van der Waals surface area (Å²) in [6.45, 7) is 2.12. The summed E-state index contributed by atoms with van der Waals surface area (Å²) in [7, 11) is 0. The SMILES string of the molecule is Cc1cnc(-c2cccc3c2oc2c4ccccc4ccc32)cc1-c1ccc2ccccc2c1. The normalized spacial score (nSPS) is 11.7. The van der Waals surface area contributed by atoms with Crippen molar-refractivity contribution in [3.8, 4) is 22.4 Å². The number of para-hydroxylation sites is 1. The zero-order valence-electron chi connectivity index (χ0n) is 18.7. The molecule has 34 heavy (non-hydrogen) atoms. The van der Waals surface area contributed by atoms with E-state index in [0.29, 0.717) is 0 Å². The van der Waals surface area contributed by atoms with Crippen molar-refractivity contribution in [3.05, 3.63) is 115 Å². The molecule has 7 aromatic rings. The van der Waals surface area contributed by atoms with E-state index in [9.17, 15) is 0 Å². The van der Waals surface area contributed by atoms with Gasteiger partial charge in [0.2, 0.25) is 0 Å². The zero-order valence-corrected chi connectivity index (χ0v) is 18.7. The van der Waals surface area contributed by atoms with E-state index < -0.39 is 0 Å². The summed E-state index contributed by atoms with van der Waals surface area (Å²) in [5.41, 5.74) is 7.29. The van der Waals surface area contributed by atoms with Crippen LogP contribution in [0, 0.1) is 6.92 Å². The van der Waals surface area contributed by atoms with Crippen molar-refractivity contribution in [3.63, 3.8) is 0 Å². The number of benzene rings is 5. The van der Waals surface area contributed by atoms with Gasteiger partial charge in [0.15, 0.2) is 0 Å². The molecule has 0 aliphatic heterocycles. The van der Waals surface area contributed by atoms with E-state index in [4.69, 9.17) is 9.40 Å². The van der Waals surface area contributed by atoms with Gasteiger partial charge >= 0.3 is 0 Å². The highest BCUT2D eigenvalue weighted by Crippen LogP contribution is 2.39. The molecule has 0 atom stereocenters. The molecule has 0 radical (unpaired) electrons. The third-order valence-corrected chi connectivity index (χ3v) is 6.83. The highest BCUT2D eigenvalue weighted by Gasteiger charge is 2.16. The summed E-state index contributed by atoms with van der Waals surface area (Å²) in [6.07, 6.45) is 1.97. The zero-order chi connectivity index (χ0) is 22.6. The van der Waals surface area contributed by atoms with Crippen LogP contribution in [-0.4, -0.2) is 4.98 Å². The molecule has 0 saturated carbocycles. The first-order chi connectivity index (χ1) is 16.8. The molecule has 0 saturated heterocycles. The largest absolute Gasteiger partial charge is 0.455 e. The molecule has 2 heteroatoms. The van der Waals surface area contributed by atoms with Gasteiger partial charge in [-0.15, -0.1) is 0 Å². The fourth-order valence-electron chi connectivity index (χ4n) is 5.07. The van der Waals surface area contributed by atoms with E-state index >= 15 is 0 Å². The van der Waals surface area contributed by atoms with Crippen molar-refractivity contribution in [2.45, 2.75) is 6.92 Å². The number of nitrogens with zero attached hydrogens (tertiary/aromatic N) is 1. The number of aryl methyl sites for hydroxylation is 1. The molecule has 0 unspecified atom stereocenters. The molecule has 0 amide bonds. The third kappa shape index (κ3) is 2.85. The Morgan fingerprint density at radius 3 is 2.21 bits per heavy atom. The van der Waals surface area contributed by atoms with Crippen LogP contribution in [-0.2, 0) is 0 Å². The molecule has 0 N–H and O–H groups in total. The molecular weight excluding hydrogens is 414 g/mol. The lowest BCUT2D eigenvalue weighted by Gasteiger charge is -2.10. The quantitative estimate of drug-likeness (QED) is 0.271. The maximum atomic E-state index is 6.54. The Morgan fingerprint density at radius 2 is 1.29 bits per heavy atom. The van der Waals surface area contributed by atoms with E-state index in [1.165, 1.54) is 27.3 Å². The second-order valence-corrected chi connectivity index (χ2v) is 8.89. The molecule has 0 spiro atoms. The third-order valence-electron chi connectivity index (χ3n) is 6.83. The van der Waals surface area contributed by atoms with Gasteiger partial charge in [-0.1, -0.05) is 78.9 Å². The molecule has 0 bridgehead atoms. The second kappa shape index (κ2) is 7.29. The van der Waals surface area contributed by atoms with E-state index in [1.807, 2.05) is 6.20 Å². The van der Waals surface area contributed by atoms with Crippen LogP contribution in [0.25, 0.3) is 65.9 Å². The van der Waals surface area contributed by atoms with E-state index in [0.717, 1.165) is 44.1 Å². The smallest absolute Gasteiger partial charge is 0.144 e. The number of hydrogen-bond donors (Lipinski definition) is 0. The maximum Gasteiger partial charge on any atom is 0.144 e. The van der Waals surface area contributed by atoms with Crippen LogP contribution < -0.4 is 0 Å². The summed E-state index contributed by atoms with van der Waals surface area (Å²) in [4.78, 5) is 4.82. The van der Waals surface area contributed by atoms with Crippen LogP contribution in [0.15, 0.2) is 114 Å². The highest BCUT2D eigenvalue weighted by atomic mass is 16.3. The Hall–Kier alpha value is -4.43. The summed E-state index contributed by atoms with van der Waals surface area (Å²) in [6, 6.07) is 36.4. The Morgan fingerprint density at radius 1 is 0.559 bits per heavy atom. The molecule has 2 heterocycles. The van der Waals surface area contributed by atoms with Gasteiger partial charge in [0.25, 0.3) is 0 Å². The number of fused-ring (bicyclic) bond motifs is 6. The van der Waals surface area contributed by atoms with Gasteiger partial charge in [-0.05, 0) is 64.0 Å². The maximum absolute atomic E-state index is 6.54. The summed E-state index contributed by atoms with van der Waals surface area (Å²) in [5, 5.41) is 7.06. The van der Waals surface area contributed by atoms with Gasteiger partial charge in [-0.3, -0.25) is 4.98 Å². The number of pyridine rings is 1. The van der Waals surface area contributed by atoms with Gasteiger partial charge in [0, 0.05) is 27.9 Å². The predicted octanol–water partition coefficient (Wildman–Crippen LogP) is 8.93. The number of furan rings is 1. The molecule has 2 nitrogen and oxygen atoms in total. The number of aromatic nitrogens is 1. The van der Waals surface area contributed by atoms with Crippen molar-refractivity contribution in [2.24, 2.45) is 0 Å². The lowest BCUT2D eigenvalue weighted by atomic mass is 9.96. The molecule has 0 fully saturated rings. The van der Waals surface area contributed by atoms with E-state index in [1.54, 1.807) is 0 Å². The monoisotopic (exact) mass is 435 g/mol.